The number of nitrogens with zero attached hydrogens (tertiary/aromatic N) is 4. The van der Waals surface area contributed by atoms with E-state index in [0.29, 0.717) is 17.2 Å². The van der Waals surface area contributed by atoms with Gasteiger partial charge in [-0.2, -0.15) is 5.10 Å². The molecule has 0 bridgehead atoms. The van der Waals surface area contributed by atoms with Crippen LogP contribution in [-0.2, 0) is 0 Å². The van der Waals surface area contributed by atoms with Crippen molar-refractivity contribution in [1.29, 1.82) is 0 Å². The van der Waals surface area contributed by atoms with E-state index in [1.54, 1.807) is 16.9 Å². The van der Waals surface area contributed by atoms with Crippen molar-refractivity contribution >= 4 is 11.6 Å². The highest BCUT2D eigenvalue weighted by Crippen LogP contribution is 2.55. The van der Waals surface area contributed by atoms with E-state index >= 15 is 0 Å². The van der Waals surface area contributed by atoms with Gasteiger partial charge in [0.15, 0.2) is 5.65 Å². The van der Waals surface area contributed by atoms with Crippen LogP contribution in [0.2, 0.25) is 0 Å². The Morgan fingerprint density at radius 3 is 2.59 bits per heavy atom. The molecule has 0 spiro atoms. The molecule has 1 amide bonds. The van der Waals surface area contributed by atoms with Crippen molar-refractivity contribution in [2.75, 3.05) is 13.1 Å². The van der Waals surface area contributed by atoms with Crippen molar-refractivity contribution in [3.8, 4) is 11.3 Å². The largest absolute Gasteiger partial charge is 0.337 e. The number of aromatic nitrogens is 5. The molecular formula is C25H24N6O3. The third kappa shape index (κ3) is 3.44. The Hall–Kier alpha value is -4.01. The number of nitrogens with one attached hydrogen (secondary N) is 2. The van der Waals surface area contributed by atoms with Crippen LogP contribution in [0.3, 0.4) is 0 Å². The average Bonchev–Trinajstić information content (AvgIpc) is 3.44. The second-order valence-corrected chi connectivity index (χ2v) is 10.1. The summed E-state index contributed by atoms with van der Waals surface area (Å²) in [5.41, 5.74) is 3.59. The molecule has 1 aliphatic carbocycles. The molecule has 2 N–H and O–H groups in total. The Bertz CT molecular complexity index is 1540. The van der Waals surface area contributed by atoms with Gasteiger partial charge in [0.25, 0.3) is 11.5 Å². The first kappa shape index (κ1) is 20.6. The van der Waals surface area contributed by atoms with Crippen molar-refractivity contribution in [2.45, 2.75) is 32.1 Å². The summed E-state index contributed by atoms with van der Waals surface area (Å²) in [6.07, 6.45) is 5.76. The molecule has 172 valence electrons. The van der Waals surface area contributed by atoms with Crippen molar-refractivity contribution in [3.05, 3.63) is 86.5 Å². The second kappa shape index (κ2) is 7.24. The Balaban J connectivity index is 1.27. The lowest BCUT2D eigenvalue weighted by Gasteiger charge is -2.45. The fraction of sp³-hybridized carbons (Fsp3) is 0.320. The molecule has 6 rings (SSSR count). The fourth-order valence-corrected chi connectivity index (χ4v) is 5.04. The van der Waals surface area contributed by atoms with E-state index in [1.807, 2.05) is 35.2 Å². The number of hydrogen-bond acceptors (Lipinski definition) is 5. The van der Waals surface area contributed by atoms with Crippen LogP contribution in [-0.4, -0.2) is 48.5 Å². The highest BCUT2D eigenvalue weighted by Gasteiger charge is 2.42. The first-order chi connectivity index (χ1) is 16.3. The smallest absolute Gasteiger partial charge is 0.325 e. The molecule has 9 heteroatoms. The molecule has 4 heterocycles. The van der Waals surface area contributed by atoms with Crippen LogP contribution >= 0.6 is 0 Å². The lowest BCUT2D eigenvalue weighted by Crippen LogP contribution is -2.55. The van der Waals surface area contributed by atoms with Gasteiger partial charge in [0.2, 0.25) is 0 Å². The molecule has 34 heavy (non-hydrogen) atoms. The first-order valence-electron chi connectivity index (χ1n) is 11.3. The number of imidazole rings is 1. The van der Waals surface area contributed by atoms with E-state index in [4.69, 9.17) is 0 Å². The van der Waals surface area contributed by atoms with Crippen LogP contribution < -0.4 is 11.2 Å². The molecule has 3 aromatic heterocycles. The van der Waals surface area contributed by atoms with Gasteiger partial charge < -0.3 is 9.88 Å². The Morgan fingerprint density at radius 2 is 1.88 bits per heavy atom. The predicted octanol–water partition coefficient (Wildman–Crippen LogP) is 2.53. The molecule has 0 unspecified atom stereocenters. The molecule has 1 aliphatic heterocycles. The normalized spacial score (nSPS) is 20.8. The van der Waals surface area contributed by atoms with E-state index in [-0.39, 0.29) is 17.2 Å². The summed E-state index contributed by atoms with van der Waals surface area (Å²) in [4.78, 5) is 47.5. The number of aromatic amines is 2. The highest BCUT2D eigenvalue weighted by molar-refractivity contribution is 5.94. The quantitative estimate of drug-likeness (QED) is 0.490. The van der Waals surface area contributed by atoms with Gasteiger partial charge in [0, 0.05) is 42.8 Å². The fourth-order valence-electron chi connectivity index (χ4n) is 5.04. The zero-order valence-electron chi connectivity index (χ0n) is 18.9. The van der Waals surface area contributed by atoms with Gasteiger partial charge in [-0.25, -0.2) is 14.3 Å². The van der Waals surface area contributed by atoms with Gasteiger partial charge >= 0.3 is 5.69 Å². The third-order valence-electron chi connectivity index (χ3n) is 6.78. The standard InChI is InChI=1S/C25H24N6O3/c1-25(2)12-30(13-25)23(33)15-5-3-14(4-6-15)16-9-17(16)18-10-20(29-31-8-7-26-21(18)31)19-11-27-24(34)28-22(19)32/h3-8,10-11,16-17H,9,12-13H2,1-2H3,(H2,27,28,32,34)/t16-,17+/m1/s1. The number of hydrogen-bond donors (Lipinski definition) is 2. The highest BCUT2D eigenvalue weighted by atomic mass is 16.2. The molecule has 2 fully saturated rings. The lowest BCUT2D eigenvalue weighted by atomic mass is 9.84. The number of rotatable bonds is 4. The van der Waals surface area contributed by atoms with E-state index in [1.165, 1.54) is 11.8 Å². The molecular weight excluding hydrogens is 432 g/mol. The van der Waals surface area contributed by atoms with Gasteiger partial charge in [0.05, 0.1) is 11.3 Å². The first-order valence-corrected chi connectivity index (χ1v) is 11.3. The third-order valence-corrected chi connectivity index (χ3v) is 6.78. The maximum Gasteiger partial charge on any atom is 0.325 e. The maximum atomic E-state index is 12.7. The summed E-state index contributed by atoms with van der Waals surface area (Å²) < 4.78 is 1.67. The van der Waals surface area contributed by atoms with E-state index in [0.717, 1.165) is 36.3 Å². The van der Waals surface area contributed by atoms with Crippen molar-refractivity contribution in [2.24, 2.45) is 5.41 Å². The predicted molar refractivity (Wildman–Crippen MR) is 126 cm³/mol. The number of amides is 1. The van der Waals surface area contributed by atoms with Gasteiger partial charge in [-0.1, -0.05) is 26.0 Å². The second-order valence-electron chi connectivity index (χ2n) is 10.1. The van der Waals surface area contributed by atoms with Gasteiger partial charge in [-0.05, 0) is 47.4 Å². The Kier molecular flexibility index (Phi) is 4.39. The monoisotopic (exact) mass is 456 g/mol. The summed E-state index contributed by atoms with van der Waals surface area (Å²) in [7, 11) is 0. The average molecular weight is 457 g/mol. The van der Waals surface area contributed by atoms with Gasteiger partial charge in [-0.3, -0.25) is 14.6 Å². The van der Waals surface area contributed by atoms with Gasteiger partial charge in [0.1, 0.15) is 0 Å². The van der Waals surface area contributed by atoms with Crippen LogP contribution in [0.15, 0.2) is 58.5 Å². The van der Waals surface area contributed by atoms with Gasteiger partial charge in [-0.15, -0.1) is 0 Å². The van der Waals surface area contributed by atoms with Crippen LogP contribution in [0.1, 0.15) is 53.6 Å². The molecule has 2 aliphatic rings. The number of likely N-dealkylation sites (tertiary alicyclic amines) is 1. The molecule has 1 saturated carbocycles. The van der Waals surface area contributed by atoms with Crippen LogP contribution in [0.5, 0.6) is 0 Å². The minimum atomic E-state index is -0.556. The number of fused-ring (bicyclic) bond motifs is 1. The van der Waals surface area contributed by atoms with Crippen LogP contribution in [0.25, 0.3) is 16.9 Å². The number of carbonyl (C=O) groups excluding carboxylic acids is 1. The van der Waals surface area contributed by atoms with Crippen LogP contribution in [0.4, 0.5) is 0 Å². The summed E-state index contributed by atoms with van der Waals surface area (Å²) in [5, 5.41) is 4.51. The molecule has 9 nitrogen and oxygen atoms in total. The van der Waals surface area contributed by atoms with Crippen molar-refractivity contribution in [3.63, 3.8) is 0 Å². The minimum absolute atomic E-state index is 0.0854. The Labute approximate surface area is 194 Å². The Morgan fingerprint density at radius 1 is 1.12 bits per heavy atom. The number of carbonyl (C=O) groups is 1. The summed E-state index contributed by atoms with van der Waals surface area (Å²) in [5.74, 6) is 0.616. The molecule has 2 atom stereocenters. The van der Waals surface area contributed by atoms with Crippen LogP contribution in [0, 0.1) is 5.41 Å². The zero-order chi connectivity index (χ0) is 23.6. The van der Waals surface area contributed by atoms with E-state index < -0.39 is 11.2 Å². The summed E-state index contributed by atoms with van der Waals surface area (Å²) >= 11 is 0. The minimum Gasteiger partial charge on any atom is -0.337 e. The number of H-pyrrole nitrogens is 2. The lowest BCUT2D eigenvalue weighted by molar-refractivity contribution is 0.0236. The number of benzene rings is 1. The molecule has 4 aromatic rings. The van der Waals surface area contributed by atoms with E-state index in [9.17, 15) is 14.4 Å². The van der Waals surface area contributed by atoms with Crippen molar-refractivity contribution < 1.29 is 4.79 Å². The topological polar surface area (TPSA) is 116 Å². The zero-order valence-corrected chi connectivity index (χ0v) is 18.9. The molecule has 1 aromatic carbocycles. The SMILES string of the molecule is CC1(C)CN(C(=O)c2ccc([C@H]3C[C@@H]3c3cc(-c4c[nH]c(=O)[nH]c4=O)nn4ccnc34)cc2)C1. The van der Waals surface area contributed by atoms with Crippen molar-refractivity contribution in [1.82, 2.24) is 29.5 Å². The molecule has 1 saturated heterocycles. The molecule has 0 radical (unpaired) electrons. The maximum absolute atomic E-state index is 12.7. The summed E-state index contributed by atoms with van der Waals surface area (Å²) in [6, 6.07) is 9.81. The summed E-state index contributed by atoms with van der Waals surface area (Å²) in [6.45, 7) is 5.92. The van der Waals surface area contributed by atoms with E-state index in [2.05, 4.69) is 33.9 Å².